The molecule has 1 aromatic carbocycles. The molecule has 2 N–H and O–H groups in total. The molecule has 0 unspecified atom stereocenters. The van der Waals surface area contributed by atoms with E-state index in [0.717, 1.165) is 0 Å². The molecule has 2 aromatic heterocycles. The van der Waals surface area contributed by atoms with Crippen molar-refractivity contribution in [3.63, 3.8) is 0 Å². The Bertz CT molecular complexity index is 779. The van der Waals surface area contributed by atoms with Crippen LogP contribution in [-0.4, -0.2) is 14.8 Å². The molecule has 0 amide bonds. The number of benzene rings is 1. The molecule has 0 saturated carbocycles. The zero-order valence-electron chi connectivity index (χ0n) is 11.2. The van der Waals surface area contributed by atoms with Gasteiger partial charge in [-0.2, -0.15) is 5.10 Å². The van der Waals surface area contributed by atoms with E-state index in [-0.39, 0.29) is 10.6 Å². The van der Waals surface area contributed by atoms with E-state index in [2.05, 4.69) is 10.1 Å². The largest absolute Gasteiger partial charge is 0.383 e. The molecule has 0 aliphatic carbocycles. The smallest absolute Gasteiger partial charge is 0.134 e. The molecule has 0 radical (unpaired) electrons. The second-order valence-corrected chi connectivity index (χ2v) is 4.95. The predicted octanol–water partition coefficient (Wildman–Crippen LogP) is 3.52. The summed E-state index contributed by atoms with van der Waals surface area (Å²) in [7, 11) is 1.69. The van der Waals surface area contributed by atoms with E-state index in [1.807, 2.05) is 6.07 Å². The number of rotatable bonds is 2. The van der Waals surface area contributed by atoms with Crippen LogP contribution in [-0.2, 0) is 7.05 Å². The maximum Gasteiger partial charge on any atom is 0.134 e. The van der Waals surface area contributed by atoms with Gasteiger partial charge in [-0.15, -0.1) is 0 Å². The van der Waals surface area contributed by atoms with Crippen LogP contribution < -0.4 is 5.73 Å². The normalized spacial score (nSPS) is 10.8. The first-order valence-electron chi connectivity index (χ1n) is 6.28. The summed E-state index contributed by atoms with van der Waals surface area (Å²) in [6.45, 7) is 0. The third kappa shape index (κ3) is 2.25. The highest BCUT2D eigenvalue weighted by atomic mass is 35.5. The third-order valence-corrected chi connectivity index (χ3v) is 3.53. The first-order chi connectivity index (χ1) is 10.1. The van der Waals surface area contributed by atoms with Crippen LogP contribution in [0.5, 0.6) is 0 Å². The van der Waals surface area contributed by atoms with E-state index >= 15 is 0 Å². The Morgan fingerprint density at radius 3 is 2.62 bits per heavy atom. The molecule has 0 bridgehead atoms. The molecule has 3 aromatic rings. The molecule has 0 spiro atoms. The molecule has 0 atom stereocenters. The number of hydrogen-bond acceptors (Lipinski definition) is 3. The molecular weight excluding hydrogens is 291 g/mol. The zero-order valence-corrected chi connectivity index (χ0v) is 12.0. The lowest BCUT2D eigenvalue weighted by atomic mass is 10.0. The number of nitrogen functional groups attached to an aromatic ring is 1. The topological polar surface area (TPSA) is 56.7 Å². The summed E-state index contributed by atoms with van der Waals surface area (Å²) in [4.78, 5) is 4.27. The Morgan fingerprint density at radius 2 is 1.95 bits per heavy atom. The first kappa shape index (κ1) is 13.6. The van der Waals surface area contributed by atoms with Gasteiger partial charge in [0.05, 0.1) is 21.8 Å². The summed E-state index contributed by atoms with van der Waals surface area (Å²) in [6, 6.07) is 9.94. The Morgan fingerprint density at radius 1 is 1.14 bits per heavy atom. The van der Waals surface area contributed by atoms with Gasteiger partial charge in [0.25, 0.3) is 0 Å². The van der Waals surface area contributed by atoms with Crippen LogP contribution in [0.15, 0.2) is 42.6 Å². The minimum Gasteiger partial charge on any atom is -0.383 e. The van der Waals surface area contributed by atoms with Crippen LogP contribution >= 0.6 is 11.6 Å². The SMILES string of the molecule is Cn1nc(-c2c(F)cccc2Cl)c(-c2ccccn2)c1N. The Hall–Kier alpha value is -2.40. The summed E-state index contributed by atoms with van der Waals surface area (Å²) in [5.74, 6) is -0.0409. The van der Waals surface area contributed by atoms with Gasteiger partial charge in [-0.25, -0.2) is 4.39 Å². The summed E-state index contributed by atoms with van der Waals surface area (Å²) >= 11 is 6.13. The second-order valence-electron chi connectivity index (χ2n) is 4.54. The van der Waals surface area contributed by atoms with Gasteiger partial charge in [-0.1, -0.05) is 23.7 Å². The Balaban J connectivity index is 2.33. The standard InChI is InChI=1S/C15H12ClFN4/c1-21-15(18)13(11-7-2-3-8-19-11)14(20-21)12-9(16)5-4-6-10(12)17/h2-8H,18H2,1H3. The van der Waals surface area contributed by atoms with Crippen molar-refractivity contribution in [1.82, 2.24) is 14.8 Å². The van der Waals surface area contributed by atoms with Crippen LogP contribution in [0.3, 0.4) is 0 Å². The highest BCUT2D eigenvalue weighted by Crippen LogP contribution is 2.39. The van der Waals surface area contributed by atoms with Gasteiger partial charge in [0, 0.05) is 13.2 Å². The van der Waals surface area contributed by atoms with E-state index in [4.69, 9.17) is 17.3 Å². The average molecular weight is 303 g/mol. The lowest BCUT2D eigenvalue weighted by Gasteiger charge is -2.06. The number of pyridine rings is 1. The number of aryl methyl sites for hydroxylation is 1. The molecule has 3 rings (SSSR count). The van der Waals surface area contributed by atoms with Crippen molar-refractivity contribution >= 4 is 17.4 Å². The van der Waals surface area contributed by atoms with E-state index in [0.29, 0.717) is 22.8 Å². The summed E-state index contributed by atoms with van der Waals surface area (Å²) in [6.07, 6.45) is 1.65. The second kappa shape index (κ2) is 5.18. The molecule has 4 nitrogen and oxygen atoms in total. The van der Waals surface area contributed by atoms with Gasteiger partial charge in [-0.05, 0) is 24.3 Å². The first-order valence-corrected chi connectivity index (χ1v) is 6.65. The van der Waals surface area contributed by atoms with E-state index in [1.165, 1.54) is 10.7 Å². The summed E-state index contributed by atoms with van der Waals surface area (Å²) < 4.78 is 15.7. The number of halogens is 2. The van der Waals surface area contributed by atoms with Gasteiger partial charge >= 0.3 is 0 Å². The molecule has 106 valence electrons. The quantitative estimate of drug-likeness (QED) is 0.788. The molecule has 6 heteroatoms. The molecule has 0 aliphatic heterocycles. The van der Waals surface area contributed by atoms with Crippen molar-refractivity contribution in [2.24, 2.45) is 7.05 Å². The molecular formula is C15H12ClFN4. The number of anilines is 1. The predicted molar refractivity (Wildman–Crippen MR) is 81.3 cm³/mol. The highest BCUT2D eigenvalue weighted by molar-refractivity contribution is 6.33. The molecule has 21 heavy (non-hydrogen) atoms. The lowest BCUT2D eigenvalue weighted by Crippen LogP contribution is -1.98. The summed E-state index contributed by atoms with van der Waals surface area (Å²) in [5.41, 5.74) is 7.88. The number of hydrogen-bond donors (Lipinski definition) is 1. The summed E-state index contributed by atoms with van der Waals surface area (Å²) in [5, 5.41) is 4.59. The van der Waals surface area contributed by atoms with Crippen LogP contribution in [0.4, 0.5) is 10.2 Å². The van der Waals surface area contributed by atoms with Gasteiger partial charge in [0.1, 0.15) is 17.3 Å². The minimum absolute atomic E-state index is 0.229. The number of nitrogens with two attached hydrogens (primary N) is 1. The number of aromatic nitrogens is 3. The minimum atomic E-state index is -0.446. The van der Waals surface area contributed by atoms with Gasteiger partial charge in [0.15, 0.2) is 0 Å². The van der Waals surface area contributed by atoms with Crippen LogP contribution in [0.1, 0.15) is 0 Å². The maximum absolute atomic E-state index is 14.2. The van der Waals surface area contributed by atoms with Crippen LogP contribution in [0, 0.1) is 5.82 Å². The van der Waals surface area contributed by atoms with Crippen molar-refractivity contribution in [2.45, 2.75) is 0 Å². The van der Waals surface area contributed by atoms with Crippen LogP contribution in [0.2, 0.25) is 5.02 Å². The van der Waals surface area contributed by atoms with Gasteiger partial charge in [-0.3, -0.25) is 9.67 Å². The van der Waals surface area contributed by atoms with Crippen LogP contribution in [0.25, 0.3) is 22.5 Å². The fraction of sp³-hybridized carbons (Fsp3) is 0.0667. The fourth-order valence-corrected chi connectivity index (χ4v) is 2.45. The Kier molecular flexibility index (Phi) is 3.35. The monoisotopic (exact) mass is 302 g/mol. The van der Waals surface area contributed by atoms with E-state index < -0.39 is 5.82 Å². The van der Waals surface area contributed by atoms with Crippen molar-refractivity contribution in [1.29, 1.82) is 0 Å². The molecule has 0 aliphatic rings. The van der Waals surface area contributed by atoms with Crippen molar-refractivity contribution < 1.29 is 4.39 Å². The molecule has 0 saturated heterocycles. The van der Waals surface area contributed by atoms with E-state index in [1.54, 1.807) is 37.5 Å². The van der Waals surface area contributed by atoms with Crippen molar-refractivity contribution in [3.8, 4) is 22.5 Å². The zero-order chi connectivity index (χ0) is 15.0. The van der Waals surface area contributed by atoms with Gasteiger partial charge in [0.2, 0.25) is 0 Å². The van der Waals surface area contributed by atoms with Gasteiger partial charge < -0.3 is 5.73 Å². The molecule has 2 heterocycles. The van der Waals surface area contributed by atoms with Crippen molar-refractivity contribution in [2.75, 3.05) is 5.73 Å². The van der Waals surface area contributed by atoms with Crippen molar-refractivity contribution in [3.05, 3.63) is 53.4 Å². The average Bonchev–Trinajstić information content (AvgIpc) is 2.75. The molecule has 0 fully saturated rings. The highest BCUT2D eigenvalue weighted by Gasteiger charge is 2.22. The number of nitrogens with zero attached hydrogens (tertiary/aromatic N) is 3. The fourth-order valence-electron chi connectivity index (χ4n) is 2.20. The lowest BCUT2D eigenvalue weighted by molar-refractivity contribution is 0.630. The Labute approximate surface area is 126 Å². The third-order valence-electron chi connectivity index (χ3n) is 3.21. The maximum atomic E-state index is 14.2. The van der Waals surface area contributed by atoms with E-state index in [9.17, 15) is 4.39 Å².